The molecule has 0 amide bonds. The van der Waals surface area contributed by atoms with Crippen molar-refractivity contribution < 1.29 is 33.4 Å². The third kappa shape index (κ3) is 6.31. The van der Waals surface area contributed by atoms with Gasteiger partial charge < -0.3 is 14.2 Å². The quantitative estimate of drug-likeness (QED) is 0.331. The van der Waals surface area contributed by atoms with Crippen molar-refractivity contribution in [3.05, 3.63) is 23.8 Å². The molecule has 1 rings (SSSR count). The number of rotatable bonds is 6. The summed E-state index contributed by atoms with van der Waals surface area (Å²) >= 11 is 0. The van der Waals surface area contributed by atoms with Gasteiger partial charge in [-0.05, 0) is 53.7 Å². The molecular weight excluding hydrogens is 340 g/mol. The van der Waals surface area contributed by atoms with Gasteiger partial charge in [-0.15, -0.1) is 0 Å². The Morgan fingerprint density at radius 1 is 0.846 bits per heavy atom. The molecule has 1 aromatic carbocycles. The van der Waals surface area contributed by atoms with Crippen LogP contribution in [0.1, 0.15) is 51.9 Å². The maximum atomic E-state index is 12.1. The molecule has 0 fully saturated rings. The molecule has 0 saturated carbocycles. The van der Waals surface area contributed by atoms with E-state index in [1.54, 1.807) is 41.5 Å². The van der Waals surface area contributed by atoms with Gasteiger partial charge in [-0.3, -0.25) is 19.2 Å². The van der Waals surface area contributed by atoms with Crippen LogP contribution in [0.3, 0.4) is 0 Å². The van der Waals surface area contributed by atoms with E-state index in [2.05, 4.69) is 4.74 Å². The second kappa shape index (κ2) is 8.12. The number of hydrogen-bond acceptors (Lipinski definition) is 7. The normalized spacial score (nSPS) is 11.5. The maximum absolute atomic E-state index is 12.1. The Labute approximate surface area is 152 Å². The Morgan fingerprint density at radius 3 is 1.62 bits per heavy atom. The molecule has 7 nitrogen and oxygen atoms in total. The smallest absolute Gasteiger partial charge is 0.316 e. The summed E-state index contributed by atoms with van der Waals surface area (Å²) in [6, 6.07) is 4.01. The van der Waals surface area contributed by atoms with Gasteiger partial charge in [0.05, 0.1) is 10.8 Å². The second-order valence-electron chi connectivity index (χ2n) is 7.80. The monoisotopic (exact) mass is 364 g/mol. The van der Waals surface area contributed by atoms with Crippen LogP contribution in [-0.4, -0.2) is 30.8 Å². The minimum Gasteiger partial charge on any atom is -0.459 e. The van der Waals surface area contributed by atoms with Crippen molar-refractivity contribution in [1.29, 1.82) is 0 Å². The molecule has 0 spiro atoms. The fourth-order valence-corrected chi connectivity index (χ4v) is 1.56. The summed E-state index contributed by atoms with van der Waals surface area (Å²) in [5, 5.41) is 0. The number of hydrogen-bond donors (Lipinski definition) is 0. The minimum absolute atomic E-state index is 0.0542. The van der Waals surface area contributed by atoms with Crippen molar-refractivity contribution in [2.75, 3.05) is 6.61 Å². The Balaban J connectivity index is 3.21. The summed E-state index contributed by atoms with van der Waals surface area (Å²) in [7, 11) is 0. The van der Waals surface area contributed by atoms with Gasteiger partial charge in [0.15, 0.2) is 6.61 Å². The Kier molecular flexibility index (Phi) is 6.66. The molecule has 0 radical (unpaired) electrons. The lowest BCUT2D eigenvalue weighted by atomic mass is 9.97. The number of Topliss-reactive ketones (excluding diaryl/α,β-unsaturated/α-hetero) is 1. The molecule has 0 aliphatic rings. The highest BCUT2D eigenvalue weighted by atomic mass is 16.5. The van der Waals surface area contributed by atoms with Crippen molar-refractivity contribution in [3.8, 4) is 11.5 Å². The minimum atomic E-state index is -0.761. The Morgan fingerprint density at radius 2 is 1.27 bits per heavy atom. The molecule has 0 atom stereocenters. The predicted molar refractivity (Wildman–Crippen MR) is 93.0 cm³/mol. The van der Waals surface area contributed by atoms with Gasteiger partial charge in [0, 0.05) is 11.6 Å². The van der Waals surface area contributed by atoms with E-state index in [9.17, 15) is 19.2 Å². The molecule has 26 heavy (non-hydrogen) atoms. The fourth-order valence-electron chi connectivity index (χ4n) is 1.56. The van der Waals surface area contributed by atoms with Gasteiger partial charge in [-0.1, -0.05) is 0 Å². The van der Waals surface area contributed by atoms with Crippen molar-refractivity contribution in [2.45, 2.75) is 41.5 Å². The summed E-state index contributed by atoms with van der Waals surface area (Å²) in [6.07, 6.45) is 0. The first kappa shape index (κ1) is 21.3. The number of ketones is 1. The molecular formula is C19H24O7. The summed E-state index contributed by atoms with van der Waals surface area (Å²) < 4.78 is 15.0. The summed E-state index contributed by atoms with van der Waals surface area (Å²) in [6.45, 7) is 9.78. The molecule has 0 aliphatic carbocycles. The van der Waals surface area contributed by atoms with E-state index in [4.69, 9.17) is 9.47 Å². The zero-order chi connectivity index (χ0) is 20.1. The van der Waals surface area contributed by atoms with Gasteiger partial charge in [0.25, 0.3) is 6.47 Å². The van der Waals surface area contributed by atoms with E-state index in [-0.39, 0.29) is 23.5 Å². The average molecular weight is 364 g/mol. The third-order valence-corrected chi connectivity index (χ3v) is 3.13. The molecule has 0 N–H and O–H groups in total. The molecule has 0 heterocycles. The molecule has 0 aliphatic heterocycles. The molecule has 1 aromatic rings. The number of esters is 2. The van der Waals surface area contributed by atoms with Crippen molar-refractivity contribution in [3.63, 3.8) is 0 Å². The number of ether oxygens (including phenoxy) is 3. The van der Waals surface area contributed by atoms with Crippen LogP contribution < -0.4 is 9.47 Å². The number of benzene rings is 1. The highest BCUT2D eigenvalue weighted by molar-refractivity contribution is 5.98. The van der Waals surface area contributed by atoms with Gasteiger partial charge in [0.2, 0.25) is 5.78 Å². The van der Waals surface area contributed by atoms with Gasteiger partial charge >= 0.3 is 11.9 Å². The first-order chi connectivity index (χ1) is 11.8. The van der Waals surface area contributed by atoms with Gasteiger partial charge in [-0.2, -0.15) is 0 Å². The van der Waals surface area contributed by atoms with Crippen LogP contribution in [0.15, 0.2) is 18.2 Å². The van der Waals surface area contributed by atoms with E-state index < -0.39 is 35.2 Å². The molecule has 0 unspecified atom stereocenters. The van der Waals surface area contributed by atoms with E-state index in [0.29, 0.717) is 0 Å². The topological polar surface area (TPSA) is 96.0 Å². The van der Waals surface area contributed by atoms with Gasteiger partial charge in [0.1, 0.15) is 11.5 Å². The molecule has 7 heteroatoms. The number of carbonyl (C=O) groups excluding carboxylic acids is 4. The lowest BCUT2D eigenvalue weighted by molar-refractivity contribution is -0.143. The van der Waals surface area contributed by atoms with E-state index in [0.717, 1.165) is 0 Å². The van der Waals surface area contributed by atoms with Crippen LogP contribution in [0.2, 0.25) is 0 Å². The largest absolute Gasteiger partial charge is 0.459 e. The zero-order valence-electron chi connectivity index (χ0n) is 15.9. The molecule has 0 aromatic heterocycles. The van der Waals surface area contributed by atoms with E-state index >= 15 is 0 Å². The SMILES string of the molecule is CC(C)(C)C(=O)Oc1cc(OC(=O)C(C)(C)C)cc(C(=O)COC=O)c1. The molecule has 0 bridgehead atoms. The lowest BCUT2D eigenvalue weighted by Crippen LogP contribution is -2.26. The first-order valence-corrected chi connectivity index (χ1v) is 8.02. The summed E-state index contributed by atoms with van der Waals surface area (Å²) in [5.74, 6) is -1.45. The molecule has 0 saturated heterocycles. The highest BCUT2D eigenvalue weighted by Crippen LogP contribution is 2.28. The Bertz CT molecular complexity index is 659. The fraction of sp³-hybridized carbons (Fsp3) is 0.474. The number of carbonyl (C=O) groups is 4. The van der Waals surface area contributed by atoms with Crippen LogP contribution in [-0.2, 0) is 19.1 Å². The average Bonchev–Trinajstić information content (AvgIpc) is 2.50. The van der Waals surface area contributed by atoms with Gasteiger partial charge in [-0.25, -0.2) is 0 Å². The van der Waals surface area contributed by atoms with Crippen molar-refractivity contribution in [2.24, 2.45) is 10.8 Å². The van der Waals surface area contributed by atoms with E-state index in [1.165, 1.54) is 18.2 Å². The predicted octanol–water partition coefficient (Wildman–Crippen LogP) is 2.95. The van der Waals surface area contributed by atoms with Crippen LogP contribution in [0.25, 0.3) is 0 Å². The van der Waals surface area contributed by atoms with Crippen molar-refractivity contribution in [1.82, 2.24) is 0 Å². The summed E-state index contributed by atoms with van der Waals surface area (Å²) in [4.78, 5) is 46.6. The highest BCUT2D eigenvalue weighted by Gasteiger charge is 2.26. The van der Waals surface area contributed by atoms with Crippen LogP contribution in [0.4, 0.5) is 0 Å². The molecule has 142 valence electrons. The van der Waals surface area contributed by atoms with Crippen molar-refractivity contribution >= 4 is 24.2 Å². The maximum Gasteiger partial charge on any atom is 0.316 e. The lowest BCUT2D eigenvalue weighted by Gasteiger charge is -2.19. The third-order valence-electron chi connectivity index (χ3n) is 3.13. The summed E-state index contributed by atoms with van der Waals surface area (Å²) in [5.41, 5.74) is -1.44. The Hall–Kier alpha value is -2.70. The standard InChI is InChI=1S/C19H24O7/c1-18(2,3)16(22)25-13-7-12(15(21)10-24-11-20)8-14(9-13)26-17(23)19(4,5)6/h7-9,11H,10H2,1-6H3. The second-order valence-corrected chi connectivity index (χ2v) is 7.80. The van der Waals surface area contributed by atoms with Crippen LogP contribution in [0.5, 0.6) is 11.5 Å². The zero-order valence-corrected chi connectivity index (χ0v) is 15.9. The first-order valence-electron chi connectivity index (χ1n) is 8.02. The van der Waals surface area contributed by atoms with E-state index in [1.807, 2.05) is 0 Å². The van der Waals surface area contributed by atoms with Crippen LogP contribution in [0, 0.1) is 10.8 Å². The van der Waals surface area contributed by atoms with Crippen LogP contribution >= 0.6 is 0 Å².